The fraction of sp³-hybridized carbons (Fsp3) is 0.156. The molecule has 0 unspecified atom stereocenters. The summed E-state index contributed by atoms with van der Waals surface area (Å²) in [4.78, 5) is 4.71. The van der Waals surface area contributed by atoms with E-state index in [1.807, 2.05) is 0 Å². The second kappa shape index (κ2) is 15.0. The molecule has 12 rings (SSSR count). The highest BCUT2D eigenvalue weighted by Crippen LogP contribution is 2.56. The Hall–Kier alpha value is -7.62. The zero-order valence-electron chi connectivity index (χ0n) is 39.7. The molecule has 67 heavy (non-hydrogen) atoms. The Balaban J connectivity index is 1.03. The minimum absolute atomic E-state index is 0.218. The molecule has 2 aliphatic rings. The lowest BCUT2D eigenvalue weighted by Crippen LogP contribution is -2.33. The Bertz CT molecular complexity index is 3230. The van der Waals surface area contributed by atoms with Gasteiger partial charge < -0.3 is 14.4 Å². The van der Waals surface area contributed by atoms with E-state index in [4.69, 9.17) is 0 Å². The van der Waals surface area contributed by atoms with E-state index in [2.05, 4.69) is 258 Å². The van der Waals surface area contributed by atoms with Crippen LogP contribution in [0.2, 0.25) is 0 Å². The van der Waals surface area contributed by atoms with Gasteiger partial charge in [-0.05, 0) is 169 Å². The average molecular weight is 866 g/mol. The summed E-state index contributed by atoms with van der Waals surface area (Å²) < 4.78 is 2.64. The Morgan fingerprint density at radius 3 is 0.896 bits per heavy atom. The molecule has 3 heterocycles. The van der Waals surface area contributed by atoms with Gasteiger partial charge in [0.1, 0.15) is 0 Å². The molecule has 3 heteroatoms. The molecule has 0 aliphatic carbocycles. The second-order valence-electron chi connectivity index (χ2n) is 20.2. The first-order chi connectivity index (χ1) is 32.3. The van der Waals surface area contributed by atoms with Crippen molar-refractivity contribution in [1.82, 2.24) is 4.57 Å². The summed E-state index contributed by atoms with van der Waals surface area (Å²) in [6.07, 6.45) is 0. The smallest absolute Gasteiger partial charge is 0.0582 e. The Morgan fingerprint density at radius 2 is 0.597 bits per heavy atom. The van der Waals surface area contributed by atoms with Gasteiger partial charge in [-0.15, -0.1) is 0 Å². The standard InChI is InChI=1S/C64H55N3/c1-40-12-24-48(25-13-40)65(49-26-14-41(2)15-27-49)52-32-20-44(21-33-52)46-36-54-55-37-47(45-22-34-53(35-23-45)66(50-28-16-42(3)17-29-50)51-30-18-43(4)19-31-51)39-59-61(55)67-60(54)58(38-46)63(5,6)56-10-9-11-57(62(56)67)64(59,7)8/h9-39H,1-8H3. The minimum atomic E-state index is -0.218. The fourth-order valence-corrected chi connectivity index (χ4v) is 11.1. The van der Waals surface area contributed by atoms with Crippen LogP contribution in [0.25, 0.3) is 49.7 Å². The van der Waals surface area contributed by atoms with E-state index >= 15 is 0 Å². The van der Waals surface area contributed by atoms with Crippen LogP contribution in [0.4, 0.5) is 34.1 Å². The number of anilines is 6. The number of aromatic nitrogens is 1. The van der Waals surface area contributed by atoms with Crippen LogP contribution >= 0.6 is 0 Å². The number of benzene rings is 9. The van der Waals surface area contributed by atoms with Crippen molar-refractivity contribution in [3.05, 3.63) is 233 Å². The summed E-state index contributed by atoms with van der Waals surface area (Å²) >= 11 is 0. The molecule has 0 atom stereocenters. The second-order valence-corrected chi connectivity index (χ2v) is 20.2. The van der Waals surface area contributed by atoms with Gasteiger partial charge in [-0.3, -0.25) is 0 Å². The molecule has 9 aromatic carbocycles. The van der Waals surface area contributed by atoms with Gasteiger partial charge in [-0.25, -0.2) is 0 Å². The topological polar surface area (TPSA) is 11.4 Å². The average Bonchev–Trinajstić information content (AvgIpc) is 3.67. The zero-order chi connectivity index (χ0) is 45.9. The third-order valence-electron chi connectivity index (χ3n) is 15.0. The molecule has 0 fully saturated rings. The van der Waals surface area contributed by atoms with Gasteiger partial charge in [0.15, 0.2) is 0 Å². The number of aryl methyl sites for hydroxylation is 4. The summed E-state index contributed by atoms with van der Waals surface area (Å²) in [6.45, 7) is 18.3. The first kappa shape index (κ1) is 40.9. The van der Waals surface area contributed by atoms with Gasteiger partial charge in [0, 0.05) is 55.7 Å². The lowest BCUT2D eigenvalue weighted by molar-refractivity contribution is 0.594. The van der Waals surface area contributed by atoms with Crippen LogP contribution in [0.3, 0.4) is 0 Å². The predicted octanol–water partition coefficient (Wildman–Crippen LogP) is 17.6. The maximum atomic E-state index is 2.64. The van der Waals surface area contributed by atoms with Crippen molar-refractivity contribution in [2.75, 3.05) is 9.80 Å². The lowest BCUT2D eigenvalue weighted by Gasteiger charge is -2.42. The number of hydrogen-bond donors (Lipinski definition) is 0. The Labute approximate surface area is 395 Å². The highest BCUT2D eigenvalue weighted by Gasteiger charge is 2.43. The highest BCUT2D eigenvalue weighted by atomic mass is 15.1. The summed E-state index contributed by atoms with van der Waals surface area (Å²) in [7, 11) is 0. The van der Waals surface area contributed by atoms with E-state index in [9.17, 15) is 0 Å². The molecule has 3 nitrogen and oxygen atoms in total. The predicted molar refractivity (Wildman–Crippen MR) is 284 cm³/mol. The first-order valence-electron chi connectivity index (χ1n) is 23.7. The van der Waals surface area contributed by atoms with Gasteiger partial charge in [0.25, 0.3) is 0 Å². The van der Waals surface area contributed by atoms with Crippen molar-refractivity contribution in [3.63, 3.8) is 0 Å². The highest BCUT2D eigenvalue weighted by molar-refractivity contribution is 6.16. The van der Waals surface area contributed by atoms with E-state index in [1.54, 1.807) is 0 Å². The van der Waals surface area contributed by atoms with E-state index in [-0.39, 0.29) is 10.8 Å². The van der Waals surface area contributed by atoms with Gasteiger partial charge in [-0.1, -0.05) is 141 Å². The van der Waals surface area contributed by atoms with Crippen LogP contribution in [0.15, 0.2) is 188 Å². The first-order valence-corrected chi connectivity index (χ1v) is 23.7. The third kappa shape index (κ3) is 6.39. The van der Waals surface area contributed by atoms with Gasteiger partial charge >= 0.3 is 0 Å². The van der Waals surface area contributed by atoms with E-state index in [0.717, 1.165) is 34.1 Å². The van der Waals surface area contributed by atoms with Crippen LogP contribution in [0.1, 0.15) is 72.2 Å². The van der Waals surface area contributed by atoms with Crippen LogP contribution in [-0.4, -0.2) is 4.57 Å². The summed E-state index contributed by atoms with van der Waals surface area (Å²) in [5.74, 6) is 0. The summed E-state index contributed by atoms with van der Waals surface area (Å²) in [5, 5.41) is 2.62. The monoisotopic (exact) mass is 865 g/mol. The molecule has 10 aromatic rings. The molecule has 0 amide bonds. The van der Waals surface area contributed by atoms with E-state index < -0.39 is 0 Å². The molecule has 0 N–H and O–H groups in total. The van der Waals surface area contributed by atoms with Crippen molar-refractivity contribution in [3.8, 4) is 27.9 Å². The molecule has 0 saturated carbocycles. The number of hydrogen-bond acceptors (Lipinski definition) is 2. The van der Waals surface area contributed by atoms with Gasteiger partial charge in [0.2, 0.25) is 0 Å². The molecule has 1 aromatic heterocycles. The molecule has 2 aliphatic heterocycles. The van der Waals surface area contributed by atoms with Crippen LogP contribution in [0, 0.1) is 27.7 Å². The normalized spacial score (nSPS) is 13.9. The number of nitrogens with zero attached hydrogens (tertiary/aromatic N) is 3. The molecular formula is C64H55N3. The quantitative estimate of drug-likeness (QED) is 0.151. The third-order valence-corrected chi connectivity index (χ3v) is 15.0. The number of rotatable bonds is 8. The van der Waals surface area contributed by atoms with Crippen molar-refractivity contribution in [1.29, 1.82) is 0 Å². The molecule has 0 bridgehead atoms. The van der Waals surface area contributed by atoms with Crippen molar-refractivity contribution in [2.24, 2.45) is 0 Å². The van der Waals surface area contributed by atoms with Gasteiger partial charge in [-0.2, -0.15) is 0 Å². The van der Waals surface area contributed by atoms with Crippen LogP contribution < -0.4 is 9.80 Å². The maximum Gasteiger partial charge on any atom is 0.0582 e. The maximum absolute atomic E-state index is 2.64. The SMILES string of the molecule is Cc1ccc(N(c2ccc(C)cc2)c2ccc(-c3cc4c5c(c3)c3cc(-c6ccc(N(c7ccc(C)cc7)c7ccc(C)cc7)cc6)cc6c3n5-c3c(cccc3C6(C)C)C4(C)C)cc2)cc1. The van der Waals surface area contributed by atoms with Gasteiger partial charge in [0.05, 0.1) is 16.7 Å². The molecule has 0 spiro atoms. The number of fused-ring (bicyclic) bond motifs is 1. The number of para-hydroxylation sites is 1. The molecular weight excluding hydrogens is 811 g/mol. The van der Waals surface area contributed by atoms with Crippen LogP contribution in [0.5, 0.6) is 0 Å². The fourth-order valence-electron chi connectivity index (χ4n) is 11.1. The largest absolute Gasteiger partial charge is 0.311 e. The summed E-state index contributed by atoms with van der Waals surface area (Å²) in [5.41, 5.74) is 25.8. The van der Waals surface area contributed by atoms with Crippen molar-refractivity contribution < 1.29 is 0 Å². The van der Waals surface area contributed by atoms with Crippen molar-refractivity contribution in [2.45, 2.75) is 66.2 Å². The molecule has 326 valence electrons. The Morgan fingerprint density at radius 1 is 0.313 bits per heavy atom. The minimum Gasteiger partial charge on any atom is -0.311 e. The van der Waals surface area contributed by atoms with Crippen molar-refractivity contribution >= 4 is 55.9 Å². The van der Waals surface area contributed by atoms with E-state index in [1.165, 1.54) is 94.3 Å². The lowest BCUT2D eigenvalue weighted by atomic mass is 9.68. The zero-order valence-corrected chi connectivity index (χ0v) is 39.7. The summed E-state index contributed by atoms with van der Waals surface area (Å²) in [6, 6.07) is 70.7. The van der Waals surface area contributed by atoms with E-state index in [0.29, 0.717) is 0 Å². The Kier molecular flexibility index (Phi) is 9.12. The molecule has 0 radical (unpaired) electrons. The molecule has 0 saturated heterocycles. The van der Waals surface area contributed by atoms with Crippen LogP contribution in [-0.2, 0) is 10.8 Å².